The second-order valence-electron chi connectivity index (χ2n) is 5.75. The maximum atomic E-state index is 12.3. The summed E-state index contributed by atoms with van der Waals surface area (Å²) in [7, 11) is 4.19. The molecule has 0 heterocycles. The van der Waals surface area contributed by atoms with Crippen molar-refractivity contribution in [3.05, 3.63) is 70.2 Å². The van der Waals surface area contributed by atoms with Crippen molar-refractivity contribution in [2.75, 3.05) is 20.6 Å². The van der Waals surface area contributed by atoms with Gasteiger partial charge in [-0.15, -0.1) is 0 Å². The maximum Gasteiger partial charge on any atom is 0.225 e. The van der Waals surface area contributed by atoms with E-state index in [-0.39, 0.29) is 11.9 Å². The minimum Gasteiger partial charge on any atom is -0.343 e. The summed E-state index contributed by atoms with van der Waals surface area (Å²) >= 11 is 3.41. The molecule has 1 atom stereocenters. The number of rotatable bonds is 6. The number of carbonyl (C=O) groups is 1. The largest absolute Gasteiger partial charge is 0.343 e. The van der Waals surface area contributed by atoms with Crippen LogP contribution in [0.3, 0.4) is 0 Å². The summed E-state index contributed by atoms with van der Waals surface area (Å²) in [6, 6.07) is 18.0. The van der Waals surface area contributed by atoms with Crippen LogP contribution < -0.4 is 10.2 Å². The number of carbonyl (C=O) groups excluding carboxylic acids is 1. The standard InChI is InChI=1S/C18H21BrN2O/c1-21(2)13-17(15-6-4-3-5-7-15)20-18(22)12-14-8-10-16(19)11-9-14/h3-11,17H,12-13H2,1-2H3,(H,20,22)/p+1/t17-/m0/s1. The zero-order chi connectivity index (χ0) is 15.9. The molecule has 0 aliphatic rings. The minimum atomic E-state index is 0.0362. The molecule has 0 aromatic heterocycles. The van der Waals surface area contributed by atoms with Gasteiger partial charge in [-0.3, -0.25) is 4.79 Å². The third-order valence-electron chi connectivity index (χ3n) is 3.43. The van der Waals surface area contributed by atoms with E-state index in [0.29, 0.717) is 6.42 Å². The molecule has 2 aromatic carbocycles. The fourth-order valence-corrected chi connectivity index (χ4v) is 2.64. The van der Waals surface area contributed by atoms with Crippen LogP contribution >= 0.6 is 15.9 Å². The van der Waals surface area contributed by atoms with Crippen molar-refractivity contribution in [1.29, 1.82) is 0 Å². The van der Waals surface area contributed by atoms with E-state index < -0.39 is 0 Å². The zero-order valence-electron chi connectivity index (χ0n) is 13.0. The Morgan fingerprint density at radius 1 is 1.09 bits per heavy atom. The first-order valence-electron chi connectivity index (χ1n) is 7.42. The molecule has 2 N–H and O–H groups in total. The first-order chi connectivity index (χ1) is 10.5. The second kappa shape index (κ2) is 8.11. The topological polar surface area (TPSA) is 33.5 Å². The molecule has 0 bridgehead atoms. The van der Waals surface area contributed by atoms with Crippen LogP contribution in [0.1, 0.15) is 17.2 Å². The number of likely N-dealkylation sites (N-methyl/N-ethyl adjacent to an activating group) is 1. The molecule has 0 spiro atoms. The summed E-state index contributed by atoms with van der Waals surface area (Å²) in [5, 5.41) is 3.16. The van der Waals surface area contributed by atoms with Crippen LogP contribution in [0.25, 0.3) is 0 Å². The molecule has 1 amide bonds. The lowest BCUT2D eigenvalue weighted by atomic mass is 10.1. The van der Waals surface area contributed by atoms with Gasteiger partial charge in [-0.2, -0.15) is 0 Å². The summed E-state index contributed by atoms with van der Waals surface area (Å²) in [4.78, 5) is 13.6. The average Bonchev–Trinajstić information content (AvgIpc) is 2.49. The lowest BCUT2D eigenvalue weighted by Crippen LogP contribution is -3.06. The minimum absolute atomic E-state index is 0.0362. The Bertz CT molecular complexity index is 596. The van der Waals surface area contributed by atoms with Crippen molar-refractivity contribution < 1.29 is 9.69 Å². The van der Waals surface area contributed by atoms with E-state index in [4.69, 9.17) is 0 Å². The number of benzene rings is 2. The van der Waals surface area contributed by atoms with Gasteiger partial charge in [-0.1, -0.05) is 58.4 Å². The third-order valence-corrected chi connectivity index (χ3v) is 3.96. The molecule has 0 aliphatic heterocycles. The van der Waals surface area contributed by atoms with Crippen molar-refractivity contribution >= 4 is 21.8 Å². The van der Waals surface area contributed by atoms with Crippen LogP contribution in [0.4, 0.5) is 0 Å². The van der Waals surface area contributed by atoms with E-state index >= 15 is 0 Å². The van der Waals surface area contributed by atoms with Crippen molar-refractivity contribution in [2.24, 2.45) is 0 Å². The fourth-order valence-electron chi connectivity index (χ4n) is 2.38. The average molecular weight is 362 g/mol. The van der Waals surface area contributed by atoms with Gasteiger partial charge in [0.2, 0.25) is 5.91 Å². The van der Waals surface area contributed by atoms with Crippen LogP contribution in [-0.4, -0.2) is 26.5 Å². The maximum absolute atomic E-state index is 12.3. The van der Waals surface area contributed by atoms with Gasteiger partial charge >= 0.3 is 0 Å². The Morgan fingerprint density at radius 2 is 1.73 bits per heavy atom. The van der Waals surface area contributed by atoms with Gasteiger partial charge in [-0.25, -0.2) is 0 Å². The number of nitrogens with one attached hydrogen (secondary N) is 2. The molecular weight excluding hydrogens is 340 g/mol. The molecule has 0 saturated heterocycles. The predicted octanol–water partition coefficient (Wildman–Crippen LogP) is 1.99. The van der Waals surface area contributed by atoms with E-state index in [1.54, 1.807) is 0 Å². The Labute approximate surface area is 140 Å². The summed E-state index contributed by atoms with van der Waals surface area (Å²) in [5.41, 5.74) is 2.16. The van der Waals surface area contributed by atoms with Gasteiger partial charge in [0, 0.05) is 4.47 Å². The highest BCUT2D eigenvalue weighted by Gasteiger charge is 2.17. The summed E-state index contributed by atoms with van der Waals surface area (Å²) < 4.78 is 1.02. The highest BCUT2D eigenvalue weighted by Crippen LogP contribution is 2.13. The molecule has 0 aliphatic carbocycles. The molecule has 0 radical (unpaired) electrons. The highest BCUT2D eigenvalue weighted by molar-refractivity contribution is 9.10. The molecule has 0 fully saturated rings. The van der Waals surface area contributed by atoms with E-state index in [1.807, 2.05) is 42.5 Å². The SMILES string of the molecule is C[NH+](C)C[C@H](NC(=O)Cc1ccc(Br)cc1)c1ccccc1. The van der Waals surface area contributed by atoms with Gasteiger partial charge in [-0.05, 0) is 23.3 Å². The molecule has 0 saturated carbocycles. The van der Waals surface area contributed by atoms with E-state index in [9.17, 15) is 4.79 Å². The quantitative estimate of drug-likeness (QED) is 0.810. The molecular formula is C18H22BrN2O+. The fraction of sp³-hybridized carbons (Fsp3) is 0.278. The number of quaternary nitrogens is 1. The lowest BCUT2D eigenvalue weighted by Gasteiger charge is -2.21. The molecule has 4 heteroatoms. The van der Waals surface area contributed by atoms with Crippen molar-refractivity contribution in [3.8, 4) is 0 Å². The van der Waals surface area contributed by atoms with Crippen LogP contribution in [0.15, 0.2) is 59.1 Å². The summed E-state index contributed by atoms with van der Waals surface area (Å²) in [6.07, 6.45) is 0.402. The predicted molar refractivity (Wildman–Crippen MR) is 92.8 cm³/mol. The van der Waals surface area contributed by atoms with Crippen LogP contribution in [0.5, 0.6) is 0 Å². The first kappa shape index (κ1) is 16.7. The van der Waals surface area contributed by atoms with Crippen LogP contribution in [-0.2, 0) is 11.2 Å². The van der Waals surface area contributed by atoms with Crippen LogP contribution in [0, 0.1) is 0 Å². The van der Waals surface area contributed by atoms with Gasteiger partial charge in [0.05, 0.1) is 20.5 Å². The molecule has 0 unspecified atom stereocenters. The molecule has 22 heavy (non-hydrogen) atoms. The number of hydrogen-bond acceptors (Lipinski definition) is 1. The number of halogens is 1. The smallest absolute Gasteiger partial charge is 0.225 e. The molecule has 2 rings (SSSR count). The van der Waals surface area contributed by atoms with Crippen molar-refractivity contribution in [3.63, 3.8) is 0 Å². The zero-order valence-corrected chi connectivity index (χ0v) is 14.6. The number of amides is 1. The molecule has 3 nitrogen and oxygen atoms in total. The molecule has 2 aromatic rings. The highest BCUT2D eigenvalue weighted by atomic mass is 79.9. The summed E-state index contributed by atoms with van der Waals surface area (Å²) in [6.45, 7) is 0.857. The monoisotopic (exact) mass is 361 g/mol. The normalized spacial score (nSPS) is 12.2. The van der Waals surface area contributed by atoms with Gasteiger partial charge < -0.3 is 10.2 Å². The van der Waals surface area contributed by atoms with Crippen LogP contribution in [0.2, 0.25) is 0 Å². The second-order valence-corrected chi connectivity index (χ2v) is 6.66. The van der Waals surface area contributed by atoms with E-state index in [2.05, 4.69) is 47.5 Å². The van der Waals surface area contributed by atoms with Crippen molar-refractivity contribution in [1.82, 2.24) is 5.32 Å². The van der Waals surface area contributed by atoms with Gasteiger partial charge in [0.25, 0.3) is 0 Å². The molecule has 116 valence electrons. The first-order valence-corrected chi connectivity index (χ1v) is 8.21. The third kappa shape index (κ3) is 5.28. The Hall–Kier alpha value is -1.65. The Balaban J connectivity index is 2.03. The van der Waals surface area contributed by atoms with Gasteiger partial charge in [0.1, 0.15) is 12.6 Å². The lowest BCUT2D eigenvalue weighted by molar-refractivity contribution is -0.860. The number of hydrogen-bond donors (Lipinski definition) is 2. The summed E-state index contributed by atoms with van der Waals surface area (Å²) in [5.74, 6) is 0.0532. The Kier molecular flexibility index (Phi) is 6.16. The van der Waals surface area contributed by atoms with Crippen molar-refractivity contribution in [2.45, 2.75) is 12.5 Å². The van der Waals surface area contributed by atoms with E-state index in [1.165, 1.54) is 4.90 Å². The Morgan fingerprint density at radius 3 is 2.32 bits per heavy atom. The van der Waals surface area contributed by atoms with Gasteiger partial charge in [0.15, 0.2) is 0 Å². The van der Waals surface area contributed by atoms with E-state index in [0.717, 1.165) is 22.1 Å².